The monoisotopic (exact) mass is 357 g/mol. The van der Waals surface area contributed by atoms with Gasteiger partial charge in [0, 0.05) is 12.0 Å². The van der Waals surface area contributed by atoms with Crippen LogP contribution >= 0.6 is 0 Å². The fourth-order valence-corrected chi connectivity index (χ4v) is 2.92. The van der Waals surface area contributed by atoms with Gasteiger partial charge in [0.15, 0.2) is 11.5 Å². The minimum absolute atomic E-state index is 0.0277. The number of fused-ring (bicyclic) bond motifs is 1. The highest BCUT2D eigenvalue weighted by Crippen LogP contribution is 2.33. The quantitative estimate of drug-likeness (QED) is 0.824. The molecule has 0 radical (unpaired) electrons. The number of hydrogen-bond acceptors (Lipinski definition) is 5. The maximum Gasteiger partial charge on any atom is 0.231 e. The van der Waals surface area contributed by atoms with E-state index in [0.717, 1.165) is 34.1 Å². The molecule has 2 aromatic rings. The topological polar surface area (TPSA) is 66.0 Å². The lowest BCUT2D eigenvalue weighted by Crippen LogP contribution is -2.27. The molecule has 6 nitrogen and oxygen atoms in total. The van der Waals surface area contributed by atoms with Crippen molar-refractivity contribution >= 4 is 5.91 Å². The number of rotatable bonds is 7. The van der Waals surface area contributed by atoms with E-state index in [0.29, 0.717) is 12.8 Å². The summed E-state index contributed by atoms with van der Waals surface area (Å²) in [5.74, 6) is 2.89. The average Bonchev–Trinajstić information content (AvgIpc) is 3.13. The summed E-state index contributed by atoms with van der Waals surface area (Å²) in [6.45, 7) is 2.18. The lowest BCUT2D eigenvalue weighted by Gasteiger charge is -2.18. The van der Waals surface area contributed by atoms with Crippen LogP contribution in [-0.4, -0.2) is 26.9 Å². The van der Waals surface area contributed by atoms with E-state index in [1.54, 1.807) is 14.2 Å². The molecule has 6 heteroatoms. The van der Waals surface area contributed by atoms with E-state index >= 15 is 0 Å². The van der Waals surface area contributed by atoms with E-state index < -0.39 is 0 Å². The van der Waals surface area contributed by atoms with Crippen molar-refractivity contribution in [1.82, 2.24) is 5.32 Å². The average molecular weight is 357 g/mol. The van der Waals surface area contributed by atoms with Gasteiger partial charge in [-0.05, 0) is 49.2 Å². The second-order valence-corrected chi connectivity index (χ2v) is 6.08. The van der Waals surface area contributed by atoms with Crippen molar-refractivity contribution in [3.8, 4) is 23.0 Å². The molecule has 1 heterocycles. The molecule has 3 rings (SSSR count). The predicted molar refractivity (Wildman–Crippen MR) is 97.0 cm³/mol. The summed E-state index contributed by atoms with van der Waals surface area (Å²) in [7, 11) is 3.22. The smallest absolute Gasteiger partial charge is 0.231 e. The first kappa shape index (κ1) is 17.9. The number of carbonyl (C=O) groups is 1. The molecule has 0 saturated heterocycles. The van der Waals surface area contributed by atoms with Crippen LogP contribution in [0.1, 0.15) is 30.5 Å². The van der Waals surface area contributed by atoms with E-state index in [4.69, 9.17) is 18.9 Å². The van der Waals surface area contributed by atoms with Gasteiger partial charge in [-0.25, -0.2) is 0 Å². The van der Waals surface area contributed by atoms with Crippen molar-refractivity contribution in [2.45, 2.75) is 25.8 Å². The SMILES string of the molecule is COc1ccc(OC)c([C@@H](C)NC(=O)CCc2ccc3c(c2)OCO3)c1. The van der Waals surface area contributed by atoms with Crippen LogP contribution in [0.5, 0.6) is 23.0 Å². The molecule has 0 bridgehead atoms. The number of hydrogen-bond donors (Lipinski definition) is 1. The fourth-order valence-electron chi connectivity index (χ4n) is 2.92. The van der Waals surface area contributed by atoms with Gasteiger partial charge in [-0.2, -0.15) is 0 Å². The number of amides is 1. The largest absolute Gasteiger partial charge is 0.497 e. The third-order valence-corrected chi connectivity index (χ3v) is 4.36. The zero-order chi connectivity index (χ0) is 18.5. The Kier molecular flexibility index (Phi) is 5.51. The molecule has 1 amide bonds. The van der Waals surface area contributed by atoms with Crippen molar-refractivity contribution in [3.63, 3.8) is 0 Å². The molecule has 0 aliphatic carbocycles. The molecule has 0 saturated carbocycles. The highest BCUT2D eigenvalue weighted by atomic mass is 16.7. The Bertz CT molecular complexity index is 790. The van der Waals surface area contributed by atoms with Crippen LogP contribution in [0.3, 0.4) is 0 Å². The van der Waals surface area contributed by atoms with Gasteiger partial charge in [0.05, 0.1) is 20.3 Å². The van der Waals surface area contributed by atoms with Crippen LogP contribution in [0.15, 0.2) is 36.4 Å². The van der Waals surface area contributed by atoms with E-state index in [2.05, 4.69) is 5.32 Å². The summed E-state index contributed by atoms with van der Waals surface area (Å²) in [5, 5.41) is 3.01. The van der Waals surface area contributed by atoms with Crippen molar-refractivity contribution in [3.05, 3.63) is 47.5 Å². The Morgan fingerprint density at radius 2 is 1.92 bits per heavy atom. The molecule has 0 unspecified atom stereocenters. The van der Waals surface area contributed by atoms with Crippen LogP contribution in [0.4, 0.5) is 0 Å². The summed E-state index contributed by atoms with van der Waals surface area (Å²) in [5.41, 5.74) is 1.92. The Labute approximate surface area is 153 Å². The first-order valence-electron chi connectivity index (χ1n) is 8.50. The first-order chi connectivity index (χ1) is 12.6. The van der Waals surface area contributed by atoms with Gasteiger partial charge in [-0.3, -0.25) is 4.79 Å². The Morgan fingerprint density at radius 1 is 1.12 bits per heavy atom. The molecule has 1 aliphatic heterocycles. The molecule has 1 atom stereocenters. The maximum atomic E-state index is 12.3. The maximum absolute atomic E-state index is 12.3. The zero-order valence-corrected chi connectivity index (χ0v) is 15.2. The van der Waals surface area contributed by atoms with Crippen molar-refractivity contribution < 1.29 is 23.7 Å². The molecular weight excluding hydrogens is 334 g/mol. The van der Waals surface area contributed by atoms with E-state index in [-0.39, 0.29) is 18.7 Å². The molecular formula is C20H23NO5. The molecule has 0 aromatic heterocycles. The zero-order valence-electron chi connectivity index (χ0n) is 15.2. The van der Waals surface area contributed by atoms with Crippen LogP contribution in [-0.2, 0) is 11.2 Å². The van der Waals surface area contributed by atoms with Crippen molar-refractivity contribution in [2.75, 3.05) is 21.0 Å². The number of aryl methyl sites for hydroxylation is 1. The number of methoxy groups -OCH3 is 2. The Morgan fingerprint density at radius 3 is 2.69 bits per heavy atom. The van der Waals surface area contributed by atoms with E-state index in [9.17, 15) is 4.79 Å². The minimum atomic E-state index is -0.190. The lowest BCUT2D eigenvalue weighted by atomic mass is 10.1. The second-order valence-electron chi connectivity index (χ2n) is 6.08. The fraction of sp³-hybridized carbons (Fsp3) is 0.350. The van der Waals surface area contributed by atoms with Gasteiger partial charge in [0.25, 0.3) is 0 Å². The van der Waals surface area contributed by atoms with Gasteiger partial charge in [0.2, 0.25) is 12.7 Å². The summed E-state index contributed by atoms with van der Waals surface area (Å²) >= 11 is 0. The van der Waals surface area contributed by atoms with Crippen LogP contribution in [0, 0.1) is 0 Å². The third kappa shape index (κ3) is 4.02. The van der Waals surface area contributed by atoms with Gasteiger partial charge in [0.1, 0.15) is 11.5 Å². The molecule has 1 aliphatic rings. The Hall–Kier alpha value is -2.89. The second kappa shape index (κ2) is 7.99. The van der Waals surface area contributed by atoms with Gasteiger partial charge in [-0.1, -0.05) is 6.07 Å². The Balaban J connectivity index is 1.59. The highest BCUT2D eigenvalue weighted by molar-refractivity contribution is 5.77. The summed E-state index contributed by atoms with van der Waals surface area (Å²) in [6, 6.07) is 11.1. The van der Waals surface area contributed by atoms with E-state index in [1.807, 2.05) is 43.3 Å². The van der Waals surface area contributed by atoms with Gasteiger partial charge in [-0.15, -0.1) is 0 Å². The van der Waals surface area contributed by atoms with E-state index in [1.165, 1.54) is 0 Å². The molecule has 0 fully saturated rings. The lowest BCUT2D eigenvalue weighted by molar-refractivity contribution is -0.121. The minimum Gasteiger partial charge on any atom is -0.497 e. The number of ether oxygens (including phenoxy) is 4. The number of carbonyl (C=O) groups excluding carboxylic acids is 1. The number of nitrogens with one attached hydrogen (secondary N) is 1. The number of benzene rings is 2. The van der Waals surface area contributed by atoms with Crippen molar-refractivity contribution in [1.29, 1.82) is 0 Å². The van der Waals surface area contributed by atoms with Crippen LogP contribution in [0.25, 0.3) is 0 Å². The molecule has 1 N–H and O–H groups in total. The summed E-state index contributed by atoms with van der Waals surface area (Å²) in [6.07, 6.45) is 1.01. The molecule has 2 aromatic carbocycles. The molecule has 138 valence electrons. The standard InChI is InChI=1S/C20H23NO5/c1-13(16-11-15(23-2)6-8-17(16)24-3)21-20(22)9-5-14-4-7-18-19(10-14)26-12-25-18/h4,6-8,10-11,13H,5,9,12H2,1-3H3,(H,21,22)/t13-/m1/s1. The third-order valence-electron chi connectivity index (χ3n) is 4.36. The van der Waals surface area contributed by atoms with Gasteiger partial charge >= 0.3 is 0 Å². The highest BCUT2D eigenvalue weighted by Gasteiger charge is 2.16. The molecule has 26 heavy (non-hydrogen) atoms. The summed E-state index contributed by atoms with van der Waals surface area (Å²) < 4.78 is 21.3. The van der Waals surface area contributed by atoms with Gasteiger partial charge < -0.3 is 24.3 Å². The van der Waals surface area contributed by atoms with Crippen molar-refractivity contribution in [2.24, 2.45) is 0 Å². The predicted octanol–water partition coefficient (Wildman–Crippen LogP) is 3.24. The van der Waals surface area contributed by atoms with Crippen LogP contribution < -0.4 is 24.3 Å². The first-order valence-corrected chi connectivity index (χ1v) is 8.50. The molecule has 0 spiro atoms. The normalized spacial score (nSPS) is 13.2. The summed E-state index contributed by atoms with van der Waals surface area (Å²) in [4.78, 5) is 12.3. The van der Waals surface area contributed by atoms with Crippen LogP contribution in [0.2, 0.25) is 0 Å².